The summed E-state index contributed by atoms with van der Waals surface area (Å²) in [5.74, 6) is 0.708. The lowest BCUT2D eigenvalue weighted by Crippen LogP contribution is -2.24. The number of phenolic OH excluding ortho intramolecular Hbond substituents is 1. The lowest BCUT2D eigenvalue weighted by atomic mass is 10.1. The summed E-state index contributed by atoms with van der Waals surface area (Å²) in [6.07, 6.45) is 2.10. The average molecular weight is 235 g/mol. The number of hydrogen-bond acceptors (Lipinski definition) is 2. The highest BCUT2D eigenvalue weighted by Gasteiger charge is 2.06. The minimum absolute atomic E-state index is 0.121. The summed E-state index contributed by atoms with van der Waals surface area (Å²) in [6.45, 7) is 6.82. The van der Waals surface area contributed by atoms with Crippen molar-refractivity contribution in [1.29, 1.82) is 0 Å². The van der Waals surface area contributed by atoms with E-state index in [0.717, 1.165) is 18.4 Å². The van der Waals surface area contributed by atoms with E-state index < -0.39 is 0 Å². The van der Waals surface area contributed by atoms with Crippen LogP contribution >= 0.6 is 0 Å². The molecule has 1 amide bonds. The van der Waals surface area contributed by atoms with E-state index in [1.165, 1.54) is 6.07 Å². The summed E-state index contributed by atoms with van der Waals surface area (Å²) < 4.78 is 0. The van der Waals surface area contributed by atoms with E-state index in [2.05, 4.69) is 19.2 Å². The first-order valence-electron chi connectivity index (χ1n) is 6.08. The van der Waals surface area contributed by atoms with Gasteiger partial charge < -0.3 is 10.4 Å². The highest BCUT2D eigenvalue weighted by atomic mass is 16.3. The second-order valence-corrected chi connectivity index (χ2v) is 4.79. The van der Waals surface area contributed by atoms with Gasteiger partial charge in [0.05, 0.1) is 0 Å². The Hall–Kier alpha value is -1.51. The maximum Gasteiger partial charge on any atom is 0.251 e. The summed E-state index contributed by atoms with van der Waals surface area (Å²) in [4.78, 5) is 11.7. The van der Waals surface area contributed by atoms with E-state index in [9.17, 15) is 9.90 Å². The molecule has 0 atom stereocenters. The van der Waals surface area contributed by atoms with Gasteiger partial charge in [0.2, 0.25) is 0 Å². The molecular formula is C14H21NO2. The Labute approximate surface area is 103 Å². The van der Waals surface area contributed by atoms with Gasteiger partial charge in [0, 0.05) is 12.1 Å². The minimum atomic E-state index is -0.121. The first kappa shape index (κ1) is 13.6. The molecule has 0 unspecified atom stereocenters. The maximum atomic E-state index is 11.7. The number of nitrogens with one attached hydrogen (secondary N) is 1. The molecule has 0 aromatic heterocycles. The molecule has 3 heteroatoms. The van der Waals surface area contributed by atoms with E-state index in [1.54, 1.807) is 19.1 Å². The van der Waals surface area contributed by atoms with Crippen molar-refractivity contribution in [2.45, 2.75) is 33.6 Å². The summed E-state index contributed by atoms with van der Waals surface area (Å²) >= 11 is 0. The Balaban J connectivity index is 2.44. The molecule has 17 heavy (non-hydrogen) atoms. The standard InChI is InChI=1S/C14H21NO2/c1-10(2)5-4-8-15-14(17)12-7-6-11(3)13(16)9-12/h6-7,9-10,16H,4-5,8H2,1-3H3,(H,15,17). The molecular weight excluding hydrogens is 214 g/mol. The van der Waals surface area contributed by atoms with Crippen LogP contribution in [0.2, 0.25) is 0 Å². The number of phenols is 1. The Morgan fingerprint density at radius 2 is 2.12 bits per heavy atom. The zero-order chi connectivity index (χ0) is 12.8. The fraction of sp³-hybridized carbons (Fsp3) is 0.500. The molecule has 1 aromatic carbocycles. The van der Waals surface area contributed by atoms with Gasteiger partial charge in [-0.05, 0) is 43.4 Å². The van der Waals surface area contributed by atoms with Gasteiger partial charge in [-0.2, -0.15) is 0 Å². The number of benzene rings is 1. The molecule has 0 bridgehead atoms. The zero-order valence-corrected chi connectivity index (χ0v) is 10.8. The lowest BCUT2D eigenvalue weighted by Gasteiger charge is -2.07. The molecule has 2 N–H and O–H groups in total. The molecule has 1 aromatic rings. The average Bonchev–Trinajstić information content (AvgIpc) is 2.27. The van der Waals surface area contributed by atoms with Gasteiger partial charge in [-0.25, -0.2) is 0 Å². The summed E-state index contributed by atoms with van der Waals surface area (Å²) in [6, 6.07) is 4.98. The molecule has 0 saturated carbocycles. The second kappa shape index (κ2) is 6.28. The Bertz CT molecular complexity index is 386. The number of rotatable bonds is 5. The molecule has 3 nitrogen and oxygen atoms in total. The quantitative estimate of drug-likeness (QED) is 0.771. The number of aromatic hydroxyl groups is 1. The van der Waals surface area contributed by atoms with Crippen LogP contribution in [-0.4, -0.2) is 17.6 Å². The fourth-order valence-corrected chi connectivity index (χ4v) is 1.56. The third kappa shape index (κ3) is 4.47. The van der Waals surface area contributed by atoms with Crippen LogP contribution in [0.25, 0.3) is 0 Å². The highest BCUT2D eigenvalue weighted by Crippen LogP contribution is 2.17. The van der Waals surface area contributed by atoms with Gasteiger partial charge in [-0.1, -0.05) is 19.9 Å². The van der Waals surface area contributed by atoms with Crippen LogP contribution in [0.1, 0.15) is 42.6 Å². The van der Waals surface area contributed by atoms with Crippen molar-refractivity contribution in [3.05, 3.63) is 29.3 Å². The third-order valence-electron chi connectivity index (χ3n) is 2.72. The van der Waals surface area contributed by atoms with Crippen molar-refractivity contribution in [2.75, 3.05) is 6.54 Å². The minimum Gasteiger partial charge on any atom is -0.508 e. The van der Waals surface area contributed by atoms with E-state index in [4.69, 9.17) is 0 Å². The number of hydrogen-bond donors (Lipinski definition) is 2. The zero-order valence-electron chi connectivity index (χ0n) is 10.8. The van der Waals surface area contributed by atoms with Crippen LogP contribution in [0, 0.1) is 12.8 Å². The van der Waals surface area contributed by atoms with Crippen LogP contribution in [0.15, 0.2) is 18.2 Å². The van der Waals surface area contributed by atoms with Gasteiger partial charge in [0.25, 0.3) is 5.91 Å². The van der Waals surface area contributed by atoms with Crippen molar-refractivity contribution in [2.24, 2.45) is 5.92 Å². The SMILES string of the molecule is Cc1ccc(C(=O)NCCCC(C)C)cc1O. The Morgan fingerprint density at radius 1 is 1.41 bits per heavy atom. The van der Waals surface area contributed by atoms with Crippen LogP contribution in [0.4, 0.5) is 0 Å². The second-order valence-electron chi connectivity index (χ2n) is 4.79. The number of aryl methyl sites for hydroxylation is 1. The van der Waals surface area contributed by atoms with E-state index in [1.807, 2.05) is 0 Å². The molecule has 0 fully saturated rings. The third-order valence-corrected chi connectivity index (χ3v) is 2.72. The highest BCUT2D eigenvalue weighted by molar-refractivity contribution is 5.94. The Kier molecular flexibility index (Phi) is 5.01. The molecule has 0 saturated heterocycles. The van der Waals surface area contributed by atoms with Crippen LogP contribution < -0.4 is 5.32 Å². The summed E-state index contributed by atoms with van der Waals surface area (Å²) in [5, 5.41) is 12.4. The van der Waals surface area contributed by atoms with Crippen molar-refractivity contribution in [3.8, 4) is 5.75 Å². The fourth-order valence-electron chi connectivity index (χ4n) is 1.56. The molecule has 94 valence electrons. The molecule has 0 aliphatic heterocycles. The van der Waals surface area contributed by atoms with Gasteiger partial charge >= 0.3 is 0 Å². The normalized spacial score (nSPS) is 10.6. The van der Waals surface area contributed by atoms with Gasteiger partial charge in [0.1, 0.15) is 5.75 Å². The number of amides is 1. The van der Waals surface area contributed by atoms with Gasteiger partial charge in [-0.3, -0.25) is 4.79 Å². The monoisotopic (exact) mass is 235 g/mol. The molecule has 0 heterocycles. The van der Waals surface area contributed by atoms with Crippen LogP contribution in [-0.2, 0) is 0 Å². The van der Waals surface area contributed by atoms with Crippen LogP contribution in [0.5, 0.6) is 5.75 Å². The smallest absolute Gasteiger partial charge is 0.251 e. The maximum absolute atomic E-state index is 11.7. The van der Waals surface area contributed by atoms with Crippen molar-refractivity contribution in [3.63, 3.8) is 0 Å². The summed E-state index contributed by atoms with van der Waals surface area (Å²) in [5.41, 5.74) is 1.29. The van der Waals surface area contributed by atoms with E-state index >= 15 is 0 Å². The van der Waals surface area contributed by atoms with Crippen LogP contribution in [0.3, 0.4) is 0 Å². The molecule has 0 radical (unpaired) electrons. The van der Waals surface area contributed by atoms with Crippen molar-refractivity contribution in [1.82, 2.24) is 5.32 Å². The first-order valence-corrected chi connectivity index (χ1v) is 6.08. The molecule has 0 spiro atoms. The van der Waals surface area contributed by atoms with E-state index in [0.29, 0.717) is 18.0 Å². The van der Waals surface area contributed by atoms with Gasteiger partial charge in [0.15, 0.2) is 0 Å². The number of carbonyl (C=O) groups is 1. The van der Waals surface area contributed by atoms with Gasteiger partial charge in [-0.15, -0.1) is 0 Å². The Morgan fingerprint density at radius 3 is 2.71 bits per heavy atom. The number of carbonyl (C=O) groups excluding carboxylic acids is 1. The summed E-state index contributed by atoms with van der Waals surface area (Å²) in [7, 11) is 0. The van der Waals surface area contributed by atoms with Crippen molar-refractivity contribution < 1.29 is 9.90 Å². The topological polar surface area (TPSA) is 49.3 Å². The largest absolute Gasteiger partial charge is 0.508 e. The lowest BCUT2D eigenvalue weighted by molar-refractivity contribution is 0.0952. The predicted octanol–water partition coefficient (Wildman–Crippen LogP) is 2.87. The molecule has 1 rings (SSSR count). The predicted molar refractivity (Wildman–Crippen MR) is 69.2 cm³/mol. The van der Waals surface area contributed by atoms with Crippen molar-refractivity contribution >= 4 is 5.91 Å². The van der Waals surface area contributed by atoms with E-state index in [-0.39, 0.29) is 11.7 Å². The molecule has 0 aliphatic rings. The first-order chi connectivity index (χ1) is 8.00. The molecule has 0 aliphatic carbocycles.